The molecule has 24 heavy (non-hydrogen) atoms. The Balaban J connectivity index is 1.26. The Morgan fingerprint density at radius 2 is 1.79 bits per heavy atom. The number of piperidine rings is 2. The fraction of sp³-hybridized carbons (Fsp3) is 0.722. The van der Waals surface area contributed by atoms with E-state index in [9.17, 15) is 4.79 Å². The molecule has 3 aliphatic heterocycles. The van der Waals surface area contributed by atoms with Crippen LogP contribution >= 0.6 is 11.3 Å². The zero-order chi connectivity index (χ0) is 16.4. The maximum Gasteiger partial charge on any atom is 0.509 e. The Labute approximate surface area is 147 Å². The maximum absolute atomic E-state index is 11.2. The van der Waals surface area contributed by atoms with Gasteiger partial charge in [0, 0.05) is 43.9 Å². The zero-order valence-corrected chi connectivity index (χ0v) is 15.0. The SMILES string of the molecule is O=C1OCC2(CCN(Cc3cc(CN4CCCCC4)cs3)CC2)O1. The van der Waals surface area contributed by atoms with E-state index in [1.54, 1.807) is 0 Å². The minimum atomic E-state index is -0.496. The molecule has 0 radical (unpaired) electrons. The van der Waals surface area contributed by atoms with Gasteiger partial charge in [0.05, 0.1) is 0 Å². The van der Waals surface area contributed by atoms with Crippen LogP contribution < -0.4 is 0 Å². The number of cyclic esters (lactones) is 1. The first kappa shape index (κ1) is 16.4. The van der Waals surface area contributed by atoms with Crippen molar-refractivity contribution in [2.24, 2.45) is 0 Å². The predicted molar refractivity (Wildman–Crippen MR) is 93.1 cm³/mol. The van der Waals surface area contributed by atoms with Gasteiger partial charge in [-0.25, -0.2) is 4.79 Å². The number of rotatable bonds is 4. The normalized spacial score (nSPS) is 24.9. The van der Waals surface area contributed by atoms with Crippen molar-refractivity contribution in [3.05, 3.63) is 21.9 Å². The largest absolute Gasteiger partial charge is 0.509 e. The molecule has 3 fully saturated rings. The Hall–Kier alpha value is -1.11. The molecule has 3 saturated heterocycles. The van der Waals surface area contributed by atoms with Crippen molar-refractivity contribution in [2.75, 3.05) is 32.8 Å². The molecular formula is C18H26N2O3S. The van der Waals surface area contributed by atoms with Gasteiger partial charge < -0.3 is 9.47 Å². The predicted octanol–water partition coefficient (Wildman–Crippen LogP) is 3.24. The molecule has 6 heteroatoms. The Morgan fingerprint density at radius 3 is 2.50 bits per heavy atom. The fourth-order valence-electron chi connectivity index (χ4n) is 3.98. The second-order valence-corrected chi connectivity index (χ2v) is 8.35. The highest BCUT2D eigenvalue weighted by atomic mass is 32.1. The third-order valence-electron chi connectivity index (χ3n) is 5.46. The first-order valence-electron chi connectivity index (χ1n) is 9.08. The lowest BCUT2D eigenvalue weighted by Crippen LogP contribution is -2.45. The van der Waals surface area contributed by atoms with E-state index in [4.69, 9.17) is 9.47 Å². The second kappa shape index (κ2) is 7.02. The molecule has 4 rings (SSSR count). The van der Waals surface area contributed by atoms with E-state index in [0.717, 1.165) is 39.0 Å². The fourth-order valence-corrected chi connectivity index (χ4v) is 4.90. The molecule has 0 amide bonds. The summed E-state index contributed by atoms with van der Waals surface area (Å²) in [6.45, 7) is 6.98. The van der Waals surface area contributed by atoms with Crippen LogP contribution in [-0.4, -0.2) is 54.3 Å². The summed E-state index contributed by atoms with van der Waals surface area (Å²) in [6, 6.07) is 2.38. The number of hydrogen-bond donors (Lipinski definition) is 0. The number of carbonyl (C=O) groups is 1. The standard InChI is InChI=1S/C18H26N2O3S/c21-17-22-14-18(23-17)4-8-20(9-5-18)12-16-10-15(13-24-16)11-19-6-2-1-3-7-19/h10,13H,1-9,11-12,14H2. The summed E-state index contributed by atoms with van der Waals surface area (Å²) in [5.74, 6) is 0. The number of carbonyl (C=O) groups excluding carboxylic acids is 1. The van der Waals surface area contributed by atoms with E-state index in [2.05, 4.69) is 21.2 Å². The molecule has 4 heterocycles. The van der Waals surface area contributed by atoms with E-state index in [-0.39, 0.29) is 5.60 Å². The van der Waals surface area contributed by atoms with Crippen molar-refractivity contribution in [1.29, 1.82) is 0 Å². The van der Waals surface area contributed by atoms with Gasteiger partial charge in [-0.1, -0.05) is 6.42 Å². The summed E-state index contributed by atoms with van der Waals surface area (Å²) >= 11 is 1.88. The van der Waals surface area contributed by atoms with Gasteiger partial charge in [-0.2, -0.15) is 0 Å². The van der Waals surface area contributed by atoms with Crippen LogP contribution in [0.4, 0.5) is 4.79 Å². The van der Waals surface area contributed by atoms with Crippen LogP contribution in [0, 0.1) is 0 Å². The Bertz CT molecular complexity index is 575. The average Bonchev–Trinajstić information content (AvgIpc) is 3.18. The number of hydrogen-bond acceptors (Lipinski definition) is 6. The third-order valence-corrected chi connectivity index (χ3v) is 6.43. The van der Waals surface area contributed by atoms with Crippen LogP contribution in [0.5, 0.6) is 0 Å². The van der Waals surface area contributed by atoms with Crippen molar-refractivity contribution < 1.29 is 14.3 Å². The molecule has 3 aliphatic rings. The highest BCUT2D eigenvalue weighted by molar-refractivity contribution is 7.10. The van der Waals surface area contributed by atoms with Crippen LogP contribution in [0.25, 0.3) is 0 Å². The second-order valence-electron chi connectivity index (χ2n) is 7.36. The highest BCUT2D eigenvalue weighted by Gasteiger charge is 2.44. The monoisotopic (exact) mass is 350 g/mol. The molecule has 1 spiro atoms. The topological polar surface area (TPSA) is 42.0 Å². The molecule has 1 aromatic heterocycles. The third kappa shape index (κ3) is 3.76. The van der Waals surface area contributed by atoms with E-state index in [1.807, 2.05) is 11.3 Å². The molecule has 0 aromatic carbocycles. The van der Waals surface area contributed by atoms with Gasteiger partial charge in [0.1, 0.15) is 6.61 Å². The molecule has 0 bridgehead atoms. The summed E-state index contributed by atoms with van der Waals surface area (Å²) in [6.07, 6.45) is 5.35. The molecular weight excluding hydrogens is 324 g/mol. The van der Waals surface area contributed by atoms with Crippen molar-refractivity contribution in [2.45, 2.75) is 50.8 Å². The van der Waals surface area contributed by atoms with Crippen molar-refractivity contribution in [3.63, 3.8) is 0 Å². The van der Waals surface area contributed by atoms with Crippen LogP contribution in [-0.2, 0) is 22.6 Å². The molecule has 0 atom stereocenters. The summed E-state index contributed by atoms with van der Waals surface area (Å²) in [5.41, 5.74) is 1.12. The van der Waals surface area contributed by atoms with Gasteiger partial charge in [-0.05, 0) is 42.9 Å². The van der Waals surface area contributed by atoms with Crippen molar-refractivity contribution in [1.82, 2.24) is 9.80 Å². The highest BCUT2D eigenvalue weighted by Crippen LogP contribution is 2.32. The smallest absolute Gasteiger partial charge is 0.430 e. The summed E-state index contributed by atoms with van der Waals surface area (Å²) in [5, 5.41) is 2.32. The van der Waals surface area contributed by atoms with Gasteiger partial charge in [0.2, 0.25) is 0 Å². The molecule has 0 N–H and O–H groups in total. The first-order valence-corrected chi connectivity index (χ1v) is 9.96. The van der Waals surface area contributed by atoms with Crippen LogP contribution in [0.3, 0.4) is 0 Å². The lowest BCUT2D eigenvalue weighted by Gasteiger charge is -2.36. The Kier molecular flexibility index (Phi) is 4.79. The van der Waals surface area contributed by atoms with Crippen molar-refractivity contribution >= 4 is 17.5 Å². The summed E-state index contributed by atoms with van der Waals surface area (Å²) < 4.78 is 10.4. The molecule has 0 saturated carbocycles. The van der Waals surface area contributed by atoms with Gasteiger partial charge in [-0.3, -0.25) is 9.80 Å². The van der Waals surface area contributed by atoms with E-state index in [0.29, 0.717) is 6.61 Å². The first-order chi connectivity index (χ1) is 11.7. The molecule has 132 valence electrons. The minimum absolute atomic E-state index is 0.345. The average molecular weight is 350 g/mol. The molecule has 0 aliphatic carbocycles. The number of thiophene rings is 1. The van der Waals surface area contributed by atoms with E-state index >= 15 is 0 Å². The van der Waals surface area contributed by atoms with Gasteiger partial charge >= 0.3 is 6.16 Å². The summed E-state index contributed by atoms with van der Waals surface area (Å²) in [7, 11) is 0. The van der Waals surface area contributed by atoms with Crippen LogP contribution in [0.1, 0.15) is 42.5 Å². The number of likely N-dealkylation sites (tertiary alicyclic amines) is 2. The van der Waals surface area contributed by atoms with E-state index < -0.39 is 6.16 Å². The van der Waals surface area contributed by atoms with Crippen LogP contribution in [0.2, 0.25) is 0 Å². The summed E-state index contributed by atoms with van der Waals surface area (Å²) in [4.78, 5) is 17.7. The Morgan fingerprint density at radius 1 is 1.04 bits per heavy atom. The maximum atomic E-state index is 11.2. The zero-order valence-electron chi connectivity index (χ0n) is 14.2. The van der Waals surface area contributed by atoms with Crippen LogP contribution in [0.15, 0.2) is 11.4 Å². The molecule has 1 aromatic rings. The number of nitrogens with zero attached hydrogens (tertiary/aromatic N) is 2. The van der Waals surface area contributed by atoms with Gasteiger partial charge in [0.15, 0.2) is 5.60 Å². The molecule has 0 unspecified atom stereocenters. The lowest BCUT2D eigenvalue weighted by atomic mass is 9.92. The van der Waals surface area contributed by atoms with Gasteiger partial charge in [0.25, 0.3) is 0 Å². The van der Waals surface area contributed by atoms with Gasteiger partial charge in [-0.15, -0.1) is 11.3 Å². The minimum Gasteiger partial charge on any atom is -0.430 e. The van der Waals surface area contributed by atoms with Crippen molar-refractivity contribution in [3.8, 4) is 0 Å². The quantitative estimate of drug-likeness (QED) is 0.780. The molecule has 5 nitrogen and oxygen atoms in total. The van der Waals surface area contributed by atoms with E-state index in [1.165, 1.54) is 42.8 Å². The lowest BCUT2D eigenvalue weighted by molar-refractivity contribution is -0.00141. The number of ether oxygens (including phenoxy) is 2.